The van der Waals surface area contributed by atoms with Crippen LogP contribution in [0.1, 0.15) is 34.1 Å². The molecule has 0 atom stereocenters. The van der Waals surface area contributed by atoms with E-state index in [1.807, 2.05) is 0 Å². The van der Waals surface area contributed by atoms with Crippen LogP contribution in [0.2, 0.25) is 0 Å². The number of likely N-dealkylation sites (tertiary alicyclic amines) is 1. The average molecular weight is 198 g/mol. The van der Waals surface area contributed by atoms with Crippen molar-refractivity contribution in [2.45, 2.75) is 39.7 Å². The summed E-state index contributed by atoms with van der Waals surface area (Å²) < 4.78 is 0. The van der Waals surface area contributed by atoms with Crippen LogP contribution in [-0.4, -0.2) is 48.6 Å². The predicted molar refractivity (Wildman–Crippen MR) is 62.6 cm³/mol. The van der Waals surface area contributed by atoms with Crippen molar-refractivity contribution < 1.29 is 0 Å². The first-order valence-electron chi connectivity index (χ1n) is 5.87. The lowest BCUT2D eigenvalue weighted by Gasteiger charge is -2.48. The maximum atomic E-state index is 2.57. The molecule has 0 amide bonds. The second-order valence-corrected chi connectivity index (χ2v) is 5.70. The fourth-order valence-electron chi connectivity index (χ4n) is 2.15. The molecular formula is C12H26N2. The van der Waals surface area contributed by atoms with E-state index in [2.05, 4.69) is 44.5 Å². The number of hydrogen-bond donors (Lipinski definition) is 0. The first kappa shape index (κ1) is 12.0. The second-order valence-electron chi connectivity index (χ2n) is 5.70. The topological polar surface area (TPSA) is 6.48 Å². The van der Waals surface area contributed by atoms with Gasteiger partial charge in [0.1, 0.15) is 0 Å². The van der Waals surface area contributed by atoms with E-state index in [1.54, 1.807) is 0 Å². The van der Waals surface area contributed by atoms with Crippen LogP contribution in [0.4, 0.5) is 0 Å². The molecule has 0 unspecified atom stereocenters. The van der Waals surface area contributed by atoms with Crippen LogP contribution in [0.15, 0.2) is 0 Å². The van der Waals surface area contributed by atoms with Crippen molar-refractivity contribution in [3.63, 3.8) is 0 Å². The van der Waals surface area contributed by atoms with Crippen molar-refractivity contribution in [3.8, 4) is 0 Å². The highest BCUT2D eigenvalue weighted by molar-refractivity contribution is 4.89. The van der Waals surface area contributed by atoms with Gasteiger partial charge in [-0.15, -0.1) is 0 Å². The van der Waals surface area contributed by atoms with Gasteiger partial charge >= 0.3 is 0 Å². The molecule has 1 rings (SSSR count). The predicted octanol–water partition coefficient (Wildman–Crippen LogP) is 2.06. The quantitative estimate of drug-likeness (QED) is 0.682. The molecule has 1 aliphatic heterocycles. The third-order valence-electron chi connectivity index (χ3n) is 3.08. The van der Waals surface area contributed by atoms with Gasteiger partial charge in [0.15, 0.2) is 0 Å². The molecule has 14 heavy (non-hydrogen) atoms. The summed E-state index contributed by atoms with van der Waals surface area (Å²) in [7, 11) is 2.24. The summed E-state index contributed by atoms with van der Waals surface area (Å²) in [5.41, 5.74) is 0.375. The minimum Gasteiger partial charge on any atom is -0.306 e. The molecule has 0 aliphatic carbocycles. The first-order valence-corrected chi connectivity index (χ1v) is 5.87. The minimum absolute atomic E-state index is 0.375. The normalized spacial score (nSPS) is 20.1. The fraction of sp³-hybridized carbons (Fsp3) is 1.00. The summed E-state index contributed by atoms with van der Waals surface area (Å²) in [5.74, 6) is 0.908. The molecule has 0 aromatic rings. The van der Waals surface area contributed by atoms with Gasteiger partial charge in [-0.25, -0.2) is 0 Å². The summed E-state index contributed by atoms with van der Waals surface area (Å²) >= 11 is 0. The van der Waals surface area contributed by atoms with E-state index in [-0.39, 0.29) is 0 Å². The highest BCUT2D eigenvalue weighted by atomic mass is 15.3. The summed E-state index contributed by atoms with van der Waals surface area (Å²) in [4.78, 5) is 5.03. The van der Waals surface area contributed by atoms with E-state index < -0.39 is 0 Å². The van der Waals surface area contributed by atoms with Crippen LogP contribution in [0.25, 0.3) is 0 Å². The van der Waals surface area contributed by atoms with E-state index in [1.165, 1.54) is 32.6 Å². The zero-order valence-electron chi connectivity index (χ0n) is 10.5. The maximum absolute atomic E-state index is 2.57. The third-order valence-corrected chi connectivity index (χ3v) is 3.08. The molecule has 0 bridgehead atoms. The Balaban J connectivity index is 2.16. The highest BCUT2D eigenvalue weighted by Gasteiger charge is 2.34. The molecular weight excluding hydrogens is 172 g/mol. The summed E-state index contributed by atoms with van der Waals surface area (Å²) in [6.07, 6.45) is 1.27. The van der Waals surface area contributed by atoms with Gasteiger partial charge in [0.25, 0.3) is 0 Å². The minimum atomic E-state index is 0.375. The molecule has 0 saturated carbocycles. The van der Waals surface area contributed by atoms with E-state index >= 15 is 0 Å². The zero-order valence-corrected chi connectivity index (χ0v) is 10.5. The van der Waals surface area contributed by atoms with Gasteiger partial charge in [-0.2, -0.15) is 0 Å². The van der Waals surface area contributed by atoms with Crippen LogP contribution in [0.5, 0.6) is 0 Å². The van der Waals surface area contributed by atoms with Crippen LogP contribution >= 0.6 is 0 Å². The van der Waals surface area contributed by atoms with Gasteiger partial charge in [-0.3, -0.25) is 4.90 Å². The average Bonchev–Trinajstić information content (AvgIpc) is 1.94. The largest absolute Gasteiger partial charge is 0.306 e. The summed E-state index contributed by atoms with van der Waals surface area (Å²) in [6, 6.07) is 0. The van der Waals surface area contributed by atoms with Crippen LogP contribution < -0.4 is 0 Å². The lowest BCUT2D eigenvalue weighted by molar-refractivity contribution is 0.00138. The Morgan fingerprint density at radius 2 is 1.86 bits per heavy atom. The smallest absolute Gasteiger partial charge is 0.0125 e. The van der Waals surface area contributed by atoms with Crippen molar-refractivity contribution in [2.24, 2.45) is 5.92 Å². The molecule has 84 valence electrons. The zero-order chi connectivity index (χ0) is 10.8. The standard InChI is InChI=1S/C12H26N2/c1-6-7-13(5)8-11-9-14(10-11)12(2,3)4/h11H,6-10H2,1-5H3. The third kappa shape index (κ3) is 3.25. The molecule has 1 saturated heterocycles. The van der Waals surface area contributed by atoms with E-state index in [4.69, 9.17) is 0 Å². The number of nitrogens with zero attached hydrogens (tertiary/aromatic N) is 2. The summed E-state index contributed by atoms with van der Waals surface area (Å²) in [5, 5.41) is 0. The molecule has 0 radical (unpaired) electrons. The van der Waals surface area contributed by atoms with E-state index in [0.29, 0.717) is 5.54 Å². The molecule has 0 spiro atoms. The van der Waals surface area contributed by atoms with Crippen LogP contribution in [-0.2, 0) is 0 Å². The van der Waals surface area contributed by atoms with E-state index in [0.717, 1.165) is 5.92 Å². The number of rotatable bonds is 4. The van der Waals surface area contributed by atoms with Gasteiger partial charge < -0.3 is 4.90 Å². The SMILES string of the molecule is CCCN(C)CC1CN(C(C)(C)C)C1. The van der Waals surface area contributed by atoms with E-state index in [9.17, 15) is 0 Å². The molecule has 1 fully saturated rings. The second kappa shape index (κ2) is 4.63. The van der Waals surface area contributed by atoms with Gasteiger partial charge in [0.2, 0.25) is 0 Å². The highest BCUT2D eigenvalue weighted by Crippen LogP contribution is 2.25. The molecule has 2 heteroatoms. The molecule has 1 aliphatic rings. The monoisotopic (exact) mass is 198 g/mol. The maximum Gasteiger partial charge on any atom is 0.0125 e. The van der Waals surface area contributed by atoms with Crippen molar-refractivity contribution in [2.75, 3.05) is 33.2 Å². The van der Waals surface area contributed by atoms with Gasteiger partial charge in [-0.1, -0.05) is 6.92 Å². The van der Waals surface area contributed by atoms with Crippen molar-refractivity contribution >= 4 is 0 Å². The first-order chi connectivity index (χ1) is 6.43. The lowest BCUT2D eigenvalue weighted by atomic mass is 9.92. The summed E-state index contributed by atoms with van der Waals surface area (Å²) in [6.45, 7) is 14.3. The Morgan fingerprint density at radius 1 is 1.29 bits per heavy atom. The lowest BCUT2D eigenvalue weighted by Crippen LogP contribution is -2.58. The fourth-order valence-corrected chi connectivity index (χ4v) is 2.15. The van der Waals surface area contributed by atoms with Crippen molar-refractivity contribution in [1.82, 2.24) is 9.80 Å². The Morgan fingerprint density at radius 3 is 2.29 bits per heavy atom. The Labute approximate surface area is 89.3 Å². The number of hydrogen-bond acceptors (Lipinski definition) is 2. The van der Waals surface area contributed by atoms with Crippen LogP contribution in [0, 0.1) is 5.92 Å². The molecule has 0 aromatic heterocycles. The Hall–Kier alpha value is -0.0800. The molecule has 1 heterocycles. The van der Waals surface area contributed by atoms with Crippen molar-refractivity contribution in [1.29, 1.82) is 0 Å². The van der Waals surface area contributed by atoms with Crippen molar-refractivity contribution in [3.05, 3.63) is 0 Å². The molecule has 0 aromatic carbocycles. The Kier molecular flexibility index (Phi) is 3.96. The Bertz CT molecular complexity index is 166. The van der Waals surface area contributed by atoms with Gasteiger partial charge in [0.05, 0.1) is 0 Å². The van der Waals surface area contributed by atoms with Crippen LogP contribution in [0.3, 0.4) is 0 Å². The molecule has 2 nitrogen and oxygen atoms in total. The van der Waals surface area contributed by atoms with Gasteiger partial charge in [-0.05, 0) is 46.7 Å². The van der Waals surface area contributed by atoms with Gasteiger partial charge in [0, 0.05) is 25.2 Å². The molecule has 0 N–H and O–H groups in total.